The molecule has 0 aliphatic rings. The Morgan fingerprint density at radius 3 is 2.75 bits per heavy atom. The molecule has 0 bridgehead atoms. The van der Waals surface area contributed by atoms with Crippen molar-refractivity contribution in [2.45, 2.75) is 26.7 Å². The number of nitrogens with one attached hydrogen (secondary N) is 1. The third-order valence-corrected chi connectivity index (χ3v) is 2.72. The first kappa shape index (κ1) is 15.9. The highest BCUT2D eigenvalue weighted by atomic mass is 16.6. The first-order valence-corrected chi connectivity index (χ1v) is 6.43. The molecule has 110 valence electrons. The molecule has 0 saturated carbocycles. The van der Waals surface area contributed by atoms with Crippen LogP contribution in [0.15, 0.2) is 12.1 Å². The molecular weight excluding hydrogens is 262 g/mol. The summed E-state index contributed by atoms with van der Waals surface area (Å²) in [5, 5.41) is 13.8. The summed E-state index contributed by atoms with van der Waals surface area (Å²) in [4.78, 5) is 25.7. The minimum Gasteiger partial charge on any atom is -0.464 e. The zero-order chi connectivity index (χ0) is 15.1. The molecule has 0 radical (unpaired) electrons. The molecule has 7 heteroatoms. The number of ether oxygens (including phenoxy) is 1. The van der Waals surface area contributed by atoms with E-state index in [4.69, 9.17) is 0 Å². The van der Waals surface area contributed by atoms with Gasteiger partial charge < -0.3 is 10.1 Å². The highest BCUT2D eigenvalue weighted by molar-refractivity contribution is 5.88. The largest absolute Gasteiger partial charge is 0.464 e. The number of hydrogen-bond donors (Lipinski definition) is 1. The normalized spacial score (nSPS) is 10.4. The maximum absolute atomic E-state index is 11.4. The highest BCUT2D eigenvalue weighted by Gasteiger charge is 2.18. The third-order valence-electron chi connectivity index (χ3n) is 2.72. The van der Waals surface area contributed by atoms with Crippen molar-refractivity contribution < 1.29 is 14.5 Å². The molecule has 0 unspecified atom stereocenters. The van der Waals surface area contributed by atoms with E-state index in [1.54, 1.807) is 0 Å². The van der Waals surface area contributed by atoms with Gasteiger partial charge in [-0.1, -0.05) is 13.8 Å². The number of rotatable bonds is 7. The van der Waals surface area contributed by atoms with Crippen LogP contribution in [0.5, 0.6) is 0 Å². The van der Waals surface area contributed by atoms with Gasteiger partial charge in [0, 0.05) is 12.6 Å². The molecule has 7 nitrogen and oxygen atoms in total. The number of esters is 1. The second-order valence-corrected chi connectivity index (χ2v) is 4.78. The molecule has 1 N–H and O–H groups in total. The Labute approximate surface area is 117 Å². The summed E-state index contributed by atoms with van der Waals surface area (Å²) in [6.45, 7) is 4.79. The Morgan fingerprint density at radius 1 is 1.50 bits per heavy atom. The molecule has 0 saturated heterocycles. The second kappa shape index (κ2) is 7.42. The van der Waals surface area contributed by atoms with Crippen molar-refractivity contribution in [3.05, 3.63) is 27.9 Å². The number of methoxy groups -OCH3 is 1. The summed E-state index contributed by atoms with van der Waals surface area (Å²) < 4.78 is 4.55. The van der Waals surface area contributed by atoms with E-state index in [9.17, 15) is 14.9 Å². The van der Waals surface area contributed by atoms with Gasteiger partial charge >= 0.3 is 11.7 Å². The maximum atomic E-state index is 11.4. The van der Waals surface area contributed by atoms with Crippen molar-refractivity contribution in [1.29, 1.82) is 0 Å². The van der Waals surface area contributed by atoms with E-state index in [1.807, 2.05) is 0 Å². The van der Waals surface area contributed by atoms with Gasteiger partial charge in [-0.15, -0.1) is 0 Å². The number of pyridine rings is 1. The number of carbonyl (C=O) groups is 1. The minimum atomic E-state index is -0.620. The number of anilines is 1. The van der Waals surface area contributed by atoms with Crippen LogP contribution in [-0.2, 0) is 4.74 Å². The Hall–Kier alpha value is -2.18. The van der Waals surface area contributed by atoms with Gasteiger partial charge in [0.2, 0.25) is 5.82 Å². The maximum Gasteiger partial charge on any atom is 0.356 e. The fourth-order valence-corrected chi connectivity index (χ4v) is 1.66. The zero-order valence-corrected chi connectivity index (χ0v) is 11.9. The van der Waals surface area contributed by atoms with Gasteiger partial charge in [0.15, 0.2) is 5.69 Å². The van der Waals surface area contributed by atoms with Gasteiger partial charge in [0.25, 0.3) is 0 Å². The van der Waals surface area contributed by atoms with Crippen LogP contribution in [-0.4, -0.2) is 29.5 Å². The summed E-state index contributed by atoms with van der Waals surface area (Å²) in [6, 6.07) is 2.54. The van der Waals surface area contributed by atoms with E-state index in [2.05, 4.69) is 28.9 Å². The molecule has 0 aromatic carbocycles. The summed E-state index contributed by atoms with van der Waals surface area (Å²) >= 11 is 0. The highest BCUT2D eigenvalue weighted by Crippen LogP contribution is 2.22. The van der Waals surface area contributed by atoms with Crippen LogP contribution in [0.1, 0.15) is 37.2 Å². The molecule has 20 heavy (non-hydrogen) atoms. The first-order chi connectivity index (χ1) is 9.45. The zero-order valence-electron chi connectivity index (χ0n) is 11.9. The van der Waals surface area contributed by atoms with Crippen molar-refractivity contribution in [3.8, 4) is 0 Å². The first-order valence-electron chi connectivity index (χ1n) is 6.43. The van der Waals surface area contributed by atoms with Gasteiger partial charge in [0.05, 0.1) is 12.0 Å². The lowest BCUT2D eigenvalue weighted by atomic mass is 10.1. The molecule has 0 aliphatic carbocycles. The summed E-state index contributed by atoms with van der Waals surface area (Å²) in [5.74, 6) is 0.0490. The fraction of sp³-hybridized carbons (Fsp3) is 0.538. The van der Waals surface area contributed by atoms with E-state index in [0.717, 1.165) is 12.8 Å². The number of carbonyl (C=O) groups excluding carboxylic acids is 1. The molecule has 0 fully saturated rings. The second-order valence-electron chi connectivity index (χ2n) is 4.78. The molecule has 0 atom stereocenters. The quantitative estimate of drug-likeness (QED) is 0.357. The van der Waals surface area contributed by atoms with Gasteiger partial charge in [-0.25, -0.2) is 9.78 Å². The van der Waals surface area contributed by atoms with Crippen molar-refractivity contribution in [1.82, 2.24) is 4.98 Å². The SMILES string of the molecule is COC(=O)c1ccc([N+](=O)[O-])c(NCCCC(C)C)n1. The van der Waals surface area contributed by atoms with Crippen molar-refractivity contribution in [3.63, 3.8) is 0 Å². The summed E-state index contributed by atoms with van der Waals surface area (Å²) in [7, 11) is 1.24. The molecular formula is C13H19N3O4. The minimum absolute atomic E-state index is 0.0458. The number of nitrogens with zero attached hydrogens (tertiary/aromatic N) is 2. The van der Waals surface area contributed by atoms with Crippen molar-refractivity contribution in [2.75, 3.05) is 19.0 Å². The topological polar surface area (TPSA) is 94.4 Å². The van der Waals surface area contributed by atoms with Crippen molar-refractivity contribution >= 4 is 17.5 Å². The van der Waals surface area contributed by atoms with E-state index < -0.39 is 10.9 Å². The molecule has 1 aromatic heterocycles. The van der Waals surface area contributed by atoms with Crippen LogP contribution in [0.2, 0.25) is 0 Å². The van der Waals surface area contributed by atoms with Crippen LogP contribution in [0.4, 0.5) is 11.5 Å². The molecule has 1 rings (SSSR count). The van der Waals surface area contributed by atoms with Crippen molar-refractivity contribution in [2.24, 2.45) is 5.92 Å². The fourth-order valence-electron chi connectivity index (χ4n) is 1.66. The smallest absolute Gasteiger partial charge is 0.356 e. The van der Waals surface area contributed by atoms with E-state index >= 15 is 0 Å². The summed E-state index contributed by atoms with van der Waals surface area (Å²) in [6.07, 6.45) is 1.89. The van der Waals surface area contributed by atoms with Gasteiger partial charge in [0.1, 0.15) is 0 Å². The van der Waals surface area contributed by atoms with E-state index in [1.165, 1.54) is 19.2 Å². The standard InChI is InChI=1S/C13H19N3O4/c1-9(2)5-4-8-14-12-11(16(18)19)7-6-10(15-12)13(17)20-3/h6-7,9H,4-5,8H2,1-3H3,(H,14,15). The van der Waals surface area contributed by atoms with Crippen LogP contribution in [0.3, 0.4) is 0 Å². The van der Waals surface area contributed by atoms with Crippen LogP contribution in [0.25, 0.3) is 0 Å². The monoisotopic (exact) mass is 281 g/mol. The molecule has 1 aromatic rings. The molecule has 0 aliphatic heterocycles. The number of nitro groups is 1. The Morgan fingerprint density at radius 2 is 2.20 bits per heavy atom. The van der Waals surface area contributed by atoms with E-state index in [0.29, 0.717) is 12.5 Å². The molecule has 0 amide bonds. The lowest BCUT2D eigenvalue weighted by Gasteiger charge is -2.08. The van der Waals surface area contributed by atoms with Gasteiger partial charge in [-0.3, -0.25) is 10.1 Å². The number of aromatic nitrogens is 1. The lowest BCUT2D eigenvalue weighted by Crippen LogP contribution is -2.11. The Kier molecular flexibility index (Phi) is 5.89. The summed E-state index contributed by atoms with van der Waals surface area (Å²) in [5.41, 5.74) is -0.105. The lowest BCUT2D eigenvalue weighted by molar-refractivity contribution is -0.384. The van der Waals surface area contributed by atoms with Crippen LogP contribution in [0, 0.1) is 16.0 Å². The Bertz CT molecular complexity index is 489. The third kappa shape index (κ3) is 4.49. The average molecular weight is 281 g/mol. The predicted molar refractivity (Wildman–Crippen MR) is 74.8 cm³/mol. The van der Waals surface area contributed by atoms with Gasteiger partial charge in [-0.2, -0.15) is 0 Å². The average Bonchev–Trinajstić information content (AvgIpc) is 2.42. The van der Waals surface area contributed by atoms with Crippen LogP contribution >= 0.6 is 0 Å². The molecule has 1 heterocycles. The number of hydrogen-bond acceptors (Lipinski definition) is 6. The predicted octanol–water partition coefficient (Wildman–Crippen LogP) is 2.62. The van der Waals surface area contributed by atoms with Gasteiger partial charge in [-0.05, 0) is 24.8 Å². The van der Waals surface area contributed by atoms with E-state index in [-0.39, 0.29) is 17.2 Å². The Balaban J connectivity index is 2.83. The molecule has 0 spiro atoms. The van der Waals surface area contributed by atoms with Crippen LogP contribution < -0.4 is 5.32 Å².